The van der Waals surface area contributed by atoms with E-state index < -0.39 is 11.0 Å². The molecule has 0 aliphatic rings. The molecule has 0 saturated heterocycles. The molecule has 50 valence electrons. The molecule has 2 atom stereocenters. The summed E-state index contributed by atoms with van der Waals surface area (Å²) in [4.78, 5) is 0. The first kappa shape index (κ1) is 8.07. The van der Waals surface area contributed by atoms with Crippen molar-refractivity contribution in [2.75, 3.05) is 12.8 Å². The lowest BCUT2D eigenvalue weighted by Gasteiger charge is -2.05. The summed E-state index contributed by atoms with van der Waals surface area (Å²) in [6.45, 7) is 2.42. The number of nitrogens with two attached hydrogens (primary N) is 1. The third-order valence-corrected chi connectivity index (χ3v) is 1.45. The van der Waals surface area contributed by atoms with E-state index in [4.69, 9.17) is 5.73 Å². The SMILES string of the molecule is CC(CN)NS(C)=O. The second-order valence-electron chi connectivity index (χ2n) is 1.71. The van der Waals surface area contributed by atoms with Crippen LogP contribution in [0.2, 0.25) is 0 Å². The van der Waals surface area contributed by atoms with Crippen LogP contribution in [0.25, 0.3) is 0 Å². The molecule has 3 nitrogen and oxygen atoms in total. The summed E-state index contributed by atoms with van der Waals surface area (Å²) < 4.78 is 13.1. The van der Waals surface area contributed by atoms with Crippen molar-refractivity contribution in [2.45, 2.75) is 13.0 Å². The van der Waals surface area contributed by atoms with Crippen LogP contribution in [0.15, 0.2) is 0 Å². The van der Waals surface area contributed by atoms with E-state index in [1.54, 1.807) is 6.26 Å². The summed E-state index contributed by atoms with van der Waals surface area (Å²) in [6, 6.07) is 0.154. The predicted octanol–water partition coefficient (Wildman–Crippen LogP) is -0.783. The molecule has 0 saturated carbocycles. The predicted molar refractivity (Wildman–Crippen MR) is 35.7 cm³/mol. The van der Waals surface area contributed by atoms with Crippen molar-refractivity contribution in [3.63, 3.8) is 0 Å². The maximum Gasteiger partial charge on any atom is 0.0886 e. The molecule has 0 rings (SSSR count). The van der Waals surface area contributed by atoms with E-state index in [1.807, 2.05) is 6.92 Å². The van der Waals surface area contributed by atoms with Gasteiger partial charge in [-0.1, -0.05) is 0 Å². The standard InChI is InChI=1S/C4H12N2OS/c1-4(3-5)6-8(2)7/h4,6H,3,5H2,1-2H3. The van der Waals surface area contributed by atoms with Gasteiger partial charge in [-0.05, 0) is 6.92 Å². The van der Waals surface area contributed by atoms with E-state index >= 15 is 0 Å². The lowest BCUT2D eigenvalue weighted by molar-refractivity contribution is 0.644. The Morgan fingerprint density at radius 3 is 2.50 bits per heavy atom. The zero-order chi connectivity index (χ0) is 6.57. The minimum atomic E-state index is -0.926. The van der Waals surface area contributed by atoms with E-state index in [9.17, 15) is 4.21 Å². The Hall–Kier alpha value is 0.0700. The molecule has 0 aliphatic carbocycles. The molecule has 4 heteroatoms. The number of nitrogens with one attached hydrogen (secondary N) is 1. The van der Waals surface area contributed by atoms with Gasteiger partial charge < -0.3 is 5.73 Å². The van der Waals surface area contributed by atoms with Gasteiger partial charge >= 0.3 is 0 Å². The van der Waals surface area contributed by atoms with Crippen LogP contribution in [0.1, 0.15) is 6.92 Å². The van der Waals surface area contributed by atoms with Crippen LogP contribution in [0, 0.1) is 0 Å². The molecule has 0 aliphatic heterocycles. The molecule has 0 spiro atoms. The van der Waals surface area contributed by atoms with Crippen LogP contribution in [0.3, 0.4) is 0 Å². The van der Waals surface area contributed by atoms with Gasteiger partial charge in [0, 0.05) is 18.8 Å². The van der Waals surface area contributed by atoms with Gasteiger partial charge in [-0.2, -0.15) is 0 Å². The normalized spacial score (nSPS) is 17.9. The average Bonchev–Trinajstić information content (AvgIpc) is 1.65. The Morgan fingerprint density at radius 2 is 2.38 bits per heavy atom. The number of rotatable bonds is 3. The highest BCUT2D eigenvalue weighted by Gasteiger charge is 1.96. The van der Waals surface area contributed by atoms with E-state index in [-0.39, 0.29) is 6.04 Å². The molecule has 0 aromatic carbocycles. The highest BCUT2D eigenvalue weighted by atomic mass is 32.2. The highest BCUT2D eigenvalue weighted by Crippen LogP contribution is 1.75. The second-order valence-corrected chi connectivity index (χ2v) is 2.85. The van der Waals surface area contributed by atoms with Crippen molar-refractivity contribution in [3.05, 3.63) is 0 Å². The Kier molecular flexibility index (Phi) is 4.03. The smallest absolute Gasteiger partial charge is 0.0886 e. The summed E-state index contributed by atoms with van der Waals surface area (Å²) in [5.74, 6) is 0. The van der Waals surface area contributed by atoms with Gasteiger partial charge in [0.2, 0.25) is 0 Å². The van der Waals surface area contributed by atoms with Gasteiger partial charge in [0.1, 0.15) is 0 Å². The Morgan fingerprint density at radius 1 is 1.88 bits per heavy atom. The van der Waals surface area contributed by atoms with Gasteiger partial charge in [0.05, 0.1) is 11.0 Å². The summed E-state index contributed by atoms with van der Waals surface area (Å²) in [6.07, 6.45) is 1.59. The van der Waals surface area contributed by atoms with Gasteiger partial charge in [0.25, 0.3) is 0 Å². The molecule has 3 N–H and O–H groups in total. The summed E-state index contributed by atoms with van der Waals surface area (Å²) in [5.41, 5.74) is 5.22. The van der Waals surface area contributed by atoms with Crippen molar-refractivity contribution < 1.29 is 4.21 Å². The number of hydrogen-bond acceptors (Lipinski definition) is 2. The minimum Gasteiger partial charge on any atom is -0.329 e. The van der Waals surface area contributed by atoms with Crippen molar-refractivity contribution in [2.24, 2.45) is 5.73 Å². The van der Waals surface area contributed by atoms with E-state index in [0.717, 1.165) is 0 Å². The zero-order valence-corrected chi connectivity index (χ0v) is 5.99. The van der Waals surface area contributed by atoms with Gasteiger partial charge in [-0.3, -0.25) is 0 Å². The first-order valence-electron chi connectivity index (χ1n) is 2.46. The number of hydrogen-bond donors (Lipinski definition) is 2. The molecule has 0 aromatic heterocycles. The lowest BCUT2D eigenvalue weighted by atomic mass is 10.4. The van der Waals surface area contributed by atoms with Crippen LogP contribution < -0.4 is 10.5 Å². The fourth-order valence-electron chi connectivity index (χ4n) is 0.331. The van der Waals surface area contributed by atoms with E-state index in [2.05, 4.69) is 4.72 Å². The molecule has 2 unspecified atom stereocenters. The van der Waals surface area contributed by atoms with E-state index in [1.165, 1.54) is 0 Å². The first-order chi connectivity index (χ1) is 3.66. The topological polar surface area (TPSA) is 55.1 Å². The third kappa shape index (κ3) is 4.23. The van der Waals surface area contributed by atoms with Crippen molar-refractivity contribution in [1.29, 1.82) is 0 Å². The van der Waals surface area contributed by atoms with Crippen LogP contribution in [-0.4, -0.2) is 23.1 Å². The molecule has 0 radical (unpaired) electrons. The van der Waals surface area contributed by atoms with Gasteiger partial charge in [-0.15, -0.1) is 0 Å². The molecule has 8 heavy (non-hydrogen) atoms. The second kappa shape index (κ2) is 4.00. The van der Waals surface area contributed by atoms with Crippen LogP contribution in [0.4, 0.5) is 0 Å². The molecule has 0 heterocycles. The summed E-state index contributed by atoms with van der Waals surface area (Å²) >= 11 is 0. The van der Waals surface area contributed by atoms with Crippen LogP contribution in [-0.2, 0) is 11.0 Å². The average molecular weight is 136 g/mol. The quantitative estimate of drug-likeness (QED) is 0.534. The maximum atomic E-state index is 10.4. The van der Waals surface area contributed by atoms with Gasteiger partial charge in [-0.25, -0.2) is 8.93 Å². The third-order valence-electron chi connectivity index (χ3n) is 0.721. The largest absolute Gasteiger partial charge is 0.329 e. The molecule has 0 fully saturated rings. The fraction of sp³-hybridized carbons (Fsp3) is 1.00. The fourth-order valence-corrected chi connectivity index (χ4v) is 0.994. The maximum absolute atomic E-state index is 10.4. The van der Waals surface area contributed by atoms with E-state index in [0.29, 0.717) is 6.54 Å². The molecule has 0 amide bonds. The highest BCUT2D eigenvalue weighted by molar-refractivity contribution is 7.82. The van der Waals surface area contributed by atoms with Crippen molar-refractivity contribution >= 4 is 11.0 Å². The lowest BCUT2D eigenvalue weighted by Crippen LogP contribution is -2.33. The molecular formula is C4H12N2OS. The molecule has 0 aromatic rings. The van der Waals surface area contributed by atoms with Gasteiger partial charge in [0.15, 0.2) is 0 Å². The molecule has 0 bridgehead atoms. The Balaban J connectivity index is 3.24. The minimum absolute atomic E-state index is 0.154. The van der Waals surface area contributed by atoms with Crippen molar-refractivity contribution in [1.82, 2.24) is 4.72 Å². The first-order valence-corrected chi connectivity index (χ1v) is 4.02. The Labute approximate surface area is 52.2 Å². The van der Waals surface area contributed by atoms with Crippen LogP contribution >= 0.6 is 0 Å². The summed E-state index contributed by atoms with van der Waals surface area (Å²) in [7, 11) is -0.926. The molecular weight excluding hydrogens is 124 g/mol. The zero-order valence-electron chi connectivity index (χ0n) is 5.18. The monoisotopic (exact) mass is 136 g/mol. The Bertz CT molecular complexity index is 86.1. The van der Waals surface area contributed by atoms with Crippen molar-refractivity contribution in [3.8, 4) is 0 Å². The summed E-state index contributed by atoms with van der Waals surface area (Å²) in [5, 5.41) is 0. The van der Waals surface area contributed by atoms with Crippen LogP contribution in [0.5, 0.6) is 0 Å².